The summed E-state index contributed by atoms with van der Waals surface area (Å²) in [6.45, 7) is 4.26. The van der Waals surface area contributed by atoms with Gasteiger partial charge in [-0.2, -0.15) is 4.98 Å². The van der Waals surface area contributed by atoms with Crippen LogP contribution < -0.4 is 15.8 Å². The Labute approximate surface area is 209 Å². The number of amides is 1. The van der Waals surface area contributed by atoms with Gasteiger partial charge in [0, 0.05) is 26.5 Å². The Hall–Kier alpha value is -2.49. The molecule has 3 aromatic rings. The molecule has 2 heterocycles. The predicted molar refractivity (Wildman–Crippen MR) is 135 cm³/mol. The molecule has 0 radical (unpaired) electrons. The quantitative estimate of drug-likeness (QED) is 0.359. The number of allylic oxidation sites excluding steroid dienone is 1. The minimum Gasteiger partial charge on any atom is -0.489 e. The molecule has 0 saturated carbocycles. The van der Waals surface area contributed by atoms with Crippen LogP contribution in [-0.4, -0.2) is 26.4 Å². The highest BCUT2D eigenvalue weighted by molar-refractivity contribution is 9.10. The second-order valence-electron chi connectivity index (χ2n) is 7.54. The summed E-state index contributed by atoms with van der Waals surface area (Å²) >= 11 is 11.1. The van der Waals surface area contributed by atoms with Crippen LogP contribution in [0.25, 0.3) is 0 Å². The Balaban J connectivity index is 1.77. The third-order valence-corrected chi connectivity index (χ3v) is 6.90. The highest BCUT2D eigenvalue weighted by Gasteiger charge is 2.35. The molecule has 0 fully saturated rings. The van der Waals surface area contributed by atoms with Crippen LogP contribution in [0.15, 0.2) is 63.4 Å². The van der Waals surface area contributed by atoms with Gasteiger partial charge >= 0.3 is 0 Å². The summed E-state index contributed by atoms with van der Waals surface area (Å²) in [5.74, 6) is 1.55. The first-order valence-corrected chi connectivity index (χ1v) is 12.6. The number of nitrogens with two attached hydrogens (primary N) is 1. The maximum absolute atomic E-state index is 12.5. The van der Waals surface area contributed by atoms with Crippen molar-refractivity contribution in [3.63, 3.8) is 0 Å². The first-order chi connectivity index (χ1) is 15.9. The van der Waals surface area contributed by atoms with Gasteiger partial charge in [-0.3, -0.25) is 4.79 Å². The number of primary amides is 1. The van der Waals surface area contributed by atoms with Gasteiger partial charge < -0.3 is 15.8 Å². The highest BCUT2D eigenvalue weighted by atomic mass is 79.9. The summed E-state index contributed by atoms with van der Waals surface area (Å²) in [5.41, 5.74) is 8.61. The minimum atomic E-state index is -0.583. The Bertz CT molecular complexity index is 1210. The maximum Gasteiger partial charge on any atom is 0.248 e. The summed E-state index contributed by atoms with van der Waals surface area (Å²) in [5, 5.41) is 9.17. The number of nitrogens with one attached hydrogen (secondary N) is 1. The minimum absolute atomic E-state index is 0.340. The van der Waals surface area contributed by atoms with Crippen molar-refractivity contribution in [1.29, 1.82) is 0 Å². The van der Waals surface area contributed by atoms with Crippen LogP contribution in [0.3, 0.4) is 0 Å². The molecule has 1 unspecified atom stereocenters. The summed E-state index contributed by atoms with van der Waals surface area (Å²) in [6.07, 6.45) is 1.00. The number of fused-ring (bicyclic) bond motifs is 1. The number of nitrogens with zero attached hydrogens (tertiary/aromatic N) is 3. The molecule has 4 rings (SSSR count). The molecule has 1 aromatic heterocycles. The summed E-state index contributed by atoms with van der Waals surface area (Å²) in [6, 6.07) is 12.6. The van der Waals surface area contributed by atoms with Crippen LogP contribution in [-0.2, 0) is 11.4 Å². The van der Waals surface area contributed by atoms with Gasteiger partial charge in [0.1, 0.15) is 18.4 Å². The van der Waals surface area contributed by atoms with Gasteiger partial charge in [-0.1, -0.05) is 58.3 Å². The van der Waals surface area contributed by atoms with E-state index in [-0.39, 0.29) is 0 Å². The zero-order valence-electron chi connectivity index (χ0n) is 18.1. The number of aromatic nitrogens is 3. The van der Waals surface area contributed by atoms with Gasteiger partial charge in [0.2, 0.25) is 17.0 Å². The van der Waals surface area contributed by atoms with Crippen LogP contribution in [0.5, 0.6) is 5.75 Å². The van der Waals surface area contributed by atoms with E-state index in [1.165, 1.54) is 0 Å². The van der Waals surface area contributed by atoms with E-state index in [0.717, 1.165) is 27.8 Å². The Kier molecular flexibility index (Phi) is 7.31. The number of carbonyl (C=O) groups is 1. The molecule has 0 spiro atoms. The highest BCUT2D eigenvalue weighted by Crippen LogP contribution is 2.41. The fraction of sp³-hybridized carbons (Fsp3) is 0.261. The van der Waals surface area contributed by atoms with Crippen molar-refractivity contribution in [1.82, 2.24) is 14.8 Å². The molecule has 10 heteroatoms. The van der Waals surface area contributed by atoms with E-state index in [9.17, 15) is 4.79 Å². The summed E-state index contributed by atoms with van der Waals surface area (Å²) in [7, 11) is 0. The second kappa shape index (κ2) is 10.2. The molecule has 0 aliphatic carbocycles. The van der Waals surface area contributed by atoms with E-state index < -0.39 is 11.9 Å². The van der Waals surface area contributed by atoms with Crippen LogP contribution in [0.4, 0.5) is 5.95 Å². The van der Waals surface area contributed by atoms with Crippen molar-refractivity contribution in [2.24, 2.45) is 5.73 Å². The molecule has 2 aromatic carbocycles. The maximum atomic E-state index is 12.5. The van der Waals surface area contributed by atoms with Gasteiger partial charge in [-0.25, -0.2) is 4.68 Å². The van der Waals surface area contributed by atoms with Crippen molar-refractivity contribution in [3.05, 3.63) is 74.4 Å². The average Bonchev–Trinajstić information content (AvgIpc) is 3.19. The standard InChI is InChI=1S/C23H23BrClN5O2S/c1-3-10-33-23-28-22-27-13(2)19(21(26)31)20(30(22)29-23)17-11-15(24)6-9-18(17)32-12-14-4-7-16(25)8-5-14/h4-9,11,20H,3,10,12H2,1-2H3,(H2,26,31)(H,27,28,29). The SMILES string of the molecule is CCCSc1nc2n(n1)C(c1cc(Br)ccc1OCc1ccc(Cl)cc1)C(C(N)=O)=C(C)N2. The van der Waals surface area contributed by atoms with E-state index in [1.807, 2.05) is 49.4 Å². The van der Waals surface area contributed by atoms with E-state index in [1.54, 1.807) is 16.4 Å². The average molecular weight is 549 g/mol. The second-order valence-corrected chi connectivity index (χ2v) is 9.95. The van der Waals surface area contributed by atoms with E-state index in [2.05, 4.69) is 33.2 Å². The number of anilines is 1. The van der Waals surface area contributed by atoms with Crippen LogP contribution in [0.2, 0.25) is 5.02 Å². The van der Waals surface area contributed by atoms with Gasteiger partial charge in [-0.15, -0.1) is 5.10 Å². The molecule has 1 aliphatic rings. The smallest absolute Gasteiger partial charge is 0.248 e. The molecular weight excluding hydrogens is 526 g/mol. The molecular formula is C23H23BrClN5O2S. The number of rotatable bonds is 8. The first-order valence-electron chi connectivity index (χ1n) is 10.4. The fourth-order valence-electron chi connectivity index (χ4n) is 3.60. The molecule has 172 valence electrons. The van der Waals surface area contributed by atoms with E-state index in [4.69, 9.17) is 27.2 Å². The summed E-state index contributed by atoms with van der Waals surface area (Å²) in [4.78, 5) is 17.2. The number of benzene rings is 2. The molecule has 1 atom stereocenters. The van der Waals surface area contributed by atoms with Gasteiger partial charge in [0.05, 0.1) is 5.57 Å². The number of thioether (sulfide) groups is 1. The molecule has 1 amide bonds. The predicted octanol–water partition coefficient (Wildman–Crippen LogP) is 5.55. The Morgan fingerprint density at radius 3 is 2.76 bits per heavy atom. The number of halogens is 2. The van der Waals surface area contributed by atoms with Gasteiger partial charge in [0.15, 0.2) is 0 Å². The van der Waals surface area contributed by atoms with Gasteiger partial charge in [0.25, 0.3) is 0 Å². The zero-order chi connectivity index (χ0) is 23.5. The normalized spacial score (nSPS) is 15.2. The topological polar surface area (TPSA) is 95.1 Å². The van der Waals surface area contributed by atoms with E-state index >= 15 is 0 Å². The molecule has 3 N–H and O–H groups in total. The number of hydrogen-bond donors (Lipinski definition) is 2. The Morgan fingerprint density at radius 1 is 1.30 bits per heavy atom. The molecule has 0 saturated heterocycles. The lowest BCUT2D eigenvalue weighted by atomic mass is 9.94. The summed E-state index contributed by atoms with van der Waals surface area (Å²) < 4.78 is 8.75. The number of ether oxygens (including phenoxy) is 1. The van der Waals surface area contributed by atoms with E-state index in [0.29, 0.717) is 39.8 Å². The number of carbonyl (C=O) groups excluding carboxylic acids is 1. The molecule has 0 bridgehead atoms. The lowest BCUT2D eigenvalue weighted by Crippen LogP contribution is -2.32. The number of hydrogen-bond acceptors (Lipinski definition) is 6. The van der Waals surface area contributed by atoms with Crippen molar-refractivity contribution in [2.75, 3.05) is 11.1 Å². The third-order valence-electron chi connectivity index (χ3n) is 5.11. The van der Waals surface area contributed by atoms with Crippen LogP contribution >= 0.6 is 39.3 Å². The zero-order valence-corrected chi connectivity index (χ0v) is 21.3. The fourth-order valence-corrected chi connectivity index (χ4v) is 4.79. The van der Waals surface area contributed by atoms with Crippen LogP contribution in [0, 0.1) is 0 Å². The Morgan fingerprint density at radius 2 is 2.06 bits per heavy atom. The molecule has 1 aliphatic heterocycles. The molecule has 7 nitrogen and oxygen atoms in total. The third kappa shape index (κ3) is 5.20. The van der Waals surface area contributed by atoms with Crippen LogP contribution in [0.1, 0.15) is 37.4 Å². The lowest BCUT2D eigenvalue weighted by Gasteiger charge is -2.29. The van der Waals surface area contributed by atoms with Gasteiger partial charge in [-0.05, 0) is 49.2 Å². The van der Waals surface area contributed by atoms with Crippen molar-refractivity contribution in [2.45, 2.75) is 38.1 Å². The molecule has 33 heavy (non-hydrogen) atoms. The monoisotopic (exact) mass is 547 g/mol. The lowest BCUT2D eigenvalue weighted by molar-refractivity contribution is -0.115. The largest absolute Gasteiger partial charge is 0.489 e. The van der Waals surface area contributed by atoms with Crippen molar-refractivity contribution in [3.8, 4) is 5.75 Å². The first kappa shape index (κ1) is 23.7. The van der Waals surface area contributed by atoms with Crippen molar-refractivity contribution < 1.29 is 9.53 Å². The van der Waals surface area contributed by atoms with Crippen molar-refractivity contribution >= 4 is 51.1 Å².